The normalized spacial score (nSPS) is 22.4. The Morgan fingerprint density at radius 3 is 2.35 bits per heavy atom. The van der Waals surface area contributed by atoms with E-state index >= 15 is 0 Å². The van der Waals surface area contributed by atoms with E-state index in [9.17, 15) is 13.5 Å². The molecule has 3 rings (SSSR count). The third-order valence-electron chi connectivity index (χ3n) is 4.99. The minimum Gasteiger partial charge on any atom is -0.393 e. The Bertz CT molecular complexity index is 881. The van der Waals surface area contributed by atoms with Gasteiger partial charge in [-0.2, -0.15) is 5.26 Å². The average molecular weight is 370 g/mol. The van der Waals surface area contributed by atoms with Gasteiger partial charge >= 0.3 is 0 Å². The van der Waals surface area contributed by atoms with E-state index in [-0.39, 0.29) is 22.2 Å². The molecule has 26 heavy (non-hydrogen) atoms. The summed E-state index contributed by atoms with van der Waals surface area (Å²) < 4.78 is 24.8. The zero-order valence-corrected chi connectivity index (χ0v) is 15.2. The number of rotatable bonds is 7. The van der Waals surface area contributed by atoms with Crippen LogP contribution in [0.4, 0.5) is 0 Å². The summed E-state index contributed by atoms with van der Waals surface area (Å²) in [6.45, 7) is 0.976. The predicted octanol–water partition coefficient (Wildman–Crippen LogP) is 2.01. The molecule has 2 aromatic rings. The second kappa shape index (κ2) is 7.58. The Hall–Kier alpha value is -2.20. The zero-order valence-electron chi connectivity index (χ0n) is 14.4. The lowest BCUT2D eigenvalue weighted by atomic mass is 9.62. The molecule has 1 saturated carbocycles. The molecule has 0 unspecified atom stereocenters. The molecule has 0 aliphatic heterocycles. The number of hydrogen-bond acceptors (Lipinski definition) is 5. The second-order valence-electron chi connectivity index (χ2n) is 6.84. The molecular formula is C20H22N2O3S. The second-order valence-corrected chi connectivity index (χ2v) is 8.95. The van der Waals surface area contributed by atoms with Gasteiger partial charge in [0.1, 0.15) is 0 Å². The van der Waals surface area contributed by atoms with Crippen molar-refractivity contribution in [2.45, 2.75) is 29.3 Å². The Morgan fingerprint density at radius 2 is 1.77 bits per heavy atom. The minimum absolute atomic E-state index is 0.00762. The van der Waals surface area contributed by atoms with Crippen LogP contribution in [0.3, 0.4) is 0 Å². The van der Waals surface area contributed by atoms with E-state index < -0.39 is 9.84 Å². The third kappa shape index (κ3) is 3.96. The molecule has 5 nitrogen and oxygen atoms in total. The van der Waals surface area contributed by atoms with E-state index in [4.69, 9.17) is 5.26 Å². The SMILES string of the molecule is N#Cc1ccc(S(=O)(=O)CCNCC2(c3ccccc3)CC(O)C2)cc1. The highest BCUT2D eigenvalue weighted by molar-refractivity contribution is 7.91. The van der Waals surface area contributed by atoms with Crippen LogP contribution in [-0.2, 0) is 15.3 Å². The molecule has 2 aromatic carbocycles. The van der Waals surface area contributed by atoms with Crippen LogP contribution in [0.15, 0.2) is 59.5 Å². The minimum atomic E-state index is -3.39. The maximum Gasteiger partial charge on any atom is 0.179 e. The van der Waals surface area contributed by atoms with Crippen LogP contribution in [0, 0.1) is 11.3 Å². The van der Waals surface area contributed by atoms with Crippen molar-refractivity contribution in [2.24, 2.45) is 0 Å². The smallest absolute Gasteiger partial charge is 0.179 e. The Labute approximate surface area is 154 Å². The van der Waals surface area contributed by atoms with Crippen molar-refractivity contribution in [3.05, 3.63) is 65.7 Å². The highest BCUT2D eigenvalue weighted by atomic mass is 32.2. The number of nitriles is 1. The van der Waals surface area contributed by atoms with Gasteiger partial charge in [0, 0.05) is 18.5 Å². The lowest BCUT2D eigenvalue weighted by molar-refractivity contribution is 0.0181. The van der Waals surface area contributed by atoms with Gasteiger partial charge in [-0.3, -0.25) is 0 Å². The van der Waals surface area contributed by atoms with E-state index in [0.29, 0.717) is 31.5 Å². The van der Waals surface area contributed by atoms with Crippen LogP contribution in [0.5, 0.6) is 0 Å². The van der Waals surface area contributed by atoms with Crippen LogP contribution in [-0.4, -0.2) is 38.5 Å². The molecular weight excluding hydrogens is 348 g/mol. The number of benzene rings is 2. The van der Waals surface area contributed by atoms with Gasteiger partial charge in [-0.25, -0.2) is 8.42 Å². The zero-order chi connectivity index (χ0) is 18.6. The van der Waals surface area contributed by atoms with Gasteiger partial charge in [0.05, 0.1) is 28.4 Å². The van der Waals surface area contributed by atoms with Crippen molar-refractivity contribution >= 4 is 9.84 Å². The lowest BCUT2D eigenvalue weighted by Crippen LogP contribution is -2.51. The molecule has 2 N–H and O–H groups in total. The van der Waals surface area contributed by atoms with Crippen molar-refractivity contribution in [1.29, 1.82) is 5.26 Å². The van der Waals surface area contributed by atoms with Crippen LogP contribution in [0.1, 0.15) is 24.0 Å². The standard InChI is InChI=1S/C20H22N2O3S/c21-14-16-6-8-19(9-7-16)26(24,25)11-10-22-15-20(12-18(23)13-20)17-4-2-1-3-5-17/h1-9,18,22-23H,10-13,15H2. The van der Waals surface area contributed by atoms with Crippen molar-refractivity contribution in [3.63, 3.8) is 0 Å². The fourth-order valence-corrected chi connectivity index (χ4v) is 4.70. The molecule has 0 heterocycles. The number of sulfone groups is 1. The summed E-state index contributed by atoms with van der Waals surface area (Å²) in [5, 5.41) is 21.8. The molecule has 1 aliphatic carbocycles. The van der Waals surface area contributed by atoms with E-state index in [1.807, 2.05) is 24.3 Å². The summed E-state index contributed by atoms with van der Waals surface area (Å²) in [4.78, 5) is 0.232. The van der Waals surface area contributed by atoms with Gasteiger partial charge in [-0.05, 0) is 42.7 Å². The first-order chi connectivity index (χ1) is 12.5. The molecule has 0 bridgehead atoms. The molecule has 0 spiro atoms. The van der Waals surface area contributed by atoms with Gasteiger partial charge < -0.3 is 10.4 Å². The molecule has 0 amide bonds. The number of nitrogens with one attached hydrogen (secondary N) is 1. The summed E-state index contributed by atoms with van der Waals surface area (Å²) >= 11 is 0. The molecule has 0 saturated heterocycles. The predicted molar refractivity (Wildman–Crippen MR) is 99.4 cm³/mol. The highest BCUT2D eigenvalue weighted by Gasteiger charge is 2.44. The summed E-state index contributed by atoms with van der Waals surface area (Å²) in [6.07, 6.45) is 1.08. The van der Waals surface area contributed by atoms with Gasteiger partial charge in [-0.1, -0.05) is 30.3 Å². The summed E-state index contributed by atoms with van der Waals surface area (Å²) in [5.74, 6) is -0.00762. The van der Waals surface area contributed by atoms with Crippen molar-refractivity contribution in [3.8, 4) is 6.07 Å². The molecule has 0 atom stereocenters. The first kappa shape index (κ1) is 18.6. The molecule has 6 heteroatoms. The van der Waals surface area contributed by atoms with Gasteiger partial charge in [0.2, 0.25) is 0 Å². The van der Waals surface area contributed by atoms with Crippen LogP contribution in [0.25, 0.3) is 0 Å². The van der Waals surface area contributed by atoms with E-state index in [0.717, 1.165) is 0 Å². The van der Waals surface area contributed by atoms with Crippen molar-refractivity contribution in [2.75, 3.05) is 18.8 Å². The van der Waals surface area contributed by atoms with Crippen molar-refractivity contribution < 1.29 is 13.5 Å². The number of aliphatic hydroxyl groups is 1. The lowest BCUT2D eigenvalue weighted by Gasteiger charge is -2.46. The van der Waals surface area contributed by atoms with Crippen LogP contribution >= 0.6 is 0 Å². The summed E-state index contributed by atoms with van der Waals surface area (Å²) in [7, 11) is -3.39. The molecule has 0 aromatic heterocycles. The first-order valence-electron chi connectivity index (χ1n) is 8.62. The largest absolute Gasteiger partial charge is 0.393 e. The topological polar surface area (TPSA) is 90.2 Å². The van der Waals surface area contributed by atoms with Gasteiger partial charge in [0.15, 0.2) is 9.84 Å². The Morgan fingerprint density at radius 1 is 1.12 bits per heavy atom. The Balaban J connectivity index is 1.58. The monoisotopic (exact) mass is 370 g/mol. The molecule has 1 aliphatic rings. The Kier molecular flexibility index (Phi) is 5.42. The quantitative estimate of drug-likeness (QED) is 0.728. The highest BCUT2D eigenvalue weighted by Crippen LogP contribution is 2.43. The number of aliphatic hydroxyl groups excluding tert-OH is 1. The van der Waals surface area contributed by atoms with Gasteiger partial charge in [-0.15, -0.1) is 0 Å². The fraction of sp³-hybridized carbons (Fsp3) is 0.350. The maximum atomic E-state index is 12.4. The van der Waals surface area contributed by atoms with Gasteiger partial charge in [0.25, 0.3) is 0 Å². The van der Waals surface area contributed by atoms with Crippen LogP contribution < -0.4 is 5.32 Å². The fourth-order valence-electron chi connectivity index (χ4n) is 3.50. The molecule has 136 valence electrons. The molecule has 0 radical (unpaired) electrons. The first-order valence-corrected chi connectivity index (χ1v) is 10.3. The summed E-state index contributed by atoms with van der Waals surface area (Å²) in [6, 6.07) is 18.0. The average Bonchev–Trinajstić information content (AvgIpc) is 2.64. The third-order valence-corrected chi connectivity index (χ3v) is 6.72. The van der Waals surface area contributed by atoms with E-state index in [1.165, 1.54) is 29.8 Å². The summed E-state index contributed by atoms with van der Waals surface area (Å²) in [5.41, 5.74) is 1.49. The molecule has 1 fully saturated rings. The van der Waals surface area contributed by atoms with E-state index in [1.54, 1.807) is 0 Å². The van der Waals surface area contributed by atoms with E-state index in [2.05, 4.69) is 17.4 Å². The number of hydrogen-bond donors (Lipinski definition) is 2. The van der Waals surface area contributed by atoms with Crippen molar-refractivity contribution in [1.82, 2.24) is 5.32 Å². The van der Waals surface area contributed by atoms with Crippen LogP contribution in [0.2, 0.25) is 0 Å². The maximum absolute atomic E-state index is 12.4. The number of nitrogens with zero attached hydrogens (tertiary/aromatic N) is 1.